The standard InChI is InChI=1S/C9H11BrN2O2/c10-7-2-1-6(5-8(7)13)9(14)12-4-3-11/h1-2,5,13H,3-4,11H2,(H,12,14). The Hall–Kier alpha value is -1.07. The number of benzene rings is 1. The van der Waals surface area contributed by atoms with Gasteiger partial charge in [-0.2, -0.15) is 0 Å². The number of nitrogens with one attached hydrogen (secondary N) is 1. The quantitative estimate of drug-likeness (QED) is 0.753. The van der Waals surface area contributed by atoms with Gasteiger partial charge in [-0.3, -0.25) is 4.79 Å². The molecule has 1 aromatic carbocycles. The molecule has 0 saturated heterocycles. The fraction of sp³-hybridized carbons (Fsp3) is 0.222. The van der Waals surface area contributed by atoms with Gasteiger partial charge in [0.15, 0.2) is 0 Å². The zero-order chi connectivity index (χ0) is 10.6. The van der Waals surface area contributed by atoms with Crippen molar-refractivity contribution in [1.29, 1.82) is 0 Å². The number of halogens is 1. The van der Waals surface area contributed by atoms with Gasteiger partial charge in [-0.05, 0) is 34.1 Å². The van der Waals surface area contributed by atoms with Crippen LogP contribution in [0.15, 0.2) is 22.7 Å². The Labute approximate surface area is 90.2 Å². The summed E-state index contributed by atoms with van der Waals surface area (Å²) in [6.07, 6.45) is 0. The second-order valence-corrected chi connectivity index (χ2v) is 3.57. The van der Waals surface area contributed by atoms with Crippen molar-refractivity contribution in [2.45, 2.75) is 0 Å². The first-order chi connectivity index (χ1) is 6.65. The fourth-order valence-electron chi connectivity index (χ4n) is 0.942. The number of phenolic OH excluding ortho intramolecular Hbond substituents is 1. The van der Waals surface area contributed by atoms with Gasteiger partial charge in [-0.25, -0.2) is 0 Å². The number of rotatable bonds is 3. The highest BCUT2D eigenvalue weighted by Gasteiger charge is 2.06. The van der Waals surface area contributed by atoms with E-state index in [9.17, 15) is 9.90 Å². The van der Waals surface area contributed by atoms with E-state index >= 15 is 0 Å². The number of hydrogen-bond acceptors (Lipinski definition) is 3. The van der Waals surface area contributed by atoms with Crippen LogP contribution < -0.4 is 11.1 Å². The van der Waals surface area contributed by atoms with Gasteiger partial charge >= 0.3 is 0 Å². The Morgan fingerprint density at radius 1 is 1.57 bits per heavy atom. The molecular weight excluding hydrogens is 248 g/mol. The Kier molecular flexibility index (Phi) is 3.91. The van der Waals surface area contributed by atoms with Crippen molar-refractivity contribution in [3.63, 3.8) is 0 Å². The van der Waals surface area contributed by atoms with Gasteiger partial charge in [0.25, 0.3) is 5.91 Å². The summed E-state index contributed by atoms with van der Waals surface area (Å²) in [6.45, 7) is 0.823. The molecule has 0 aliphatic rings. The Balaban J connectivity index is 2.76. The highest BCUT2D eigenvalue weighted by atomic mass is 79.9. The lowest BCUT2D eigenvalue weighted by molar-refractivity contribution is 0.0954. The van der Waals surface area contributed by atoms with Crippen molar-refractivity contribution in [3.8, 4) is 5.75 Å². The molecule has 1 rings (SSSR count). The molecule has 0 unspecified atom stereocenters. The van der Waals surface area contributed by atoms with Gasteiger partial charge in [-0.15, -0.1) is 0 Å². The molecule has 0 aromatic heterocycles. The smallest absolute Gasteiger partial charge is 0.251 e. The summed E-state index contributed by atoms with van der Waals surface area (Å²) >= 11 is 3.13. The van der Waals surface area contributed by atoms with Crippen LogP contribution in [0.4, 0.5) is 0 Å². The zero-order valence-corrected chi connectivity index (χ0v) is 9.04. The van der Waals surface area contributed by atoms with Crippen molar-refractivity contribution in [1.82, 2.24) is 5.32 Å². The maximum atomic E-state index is 11.4. The molecule has 14 heavy (non-hydrogen) atoms. The Bertz CT molecular complexity index is 342. The van der Waals surface area contributed by atoms with Gasteiger partial charge in [0, 0.05) is 18.7 Å². The zero-order valence-electron chi connectivity index (χ0n) is 7.46. The summed E-state index contributed by atoms with van der Waals surface area (Å²) in [6, 6.07) is 4.64. The molecule has 0 aliphatic heterocycles. The molecule has 0 saturated carbocycles. The first kappa shape index (κ1) is 11.0. The minimum Gasteiger partial charge on any atom is -0.507 e. The number of aromatic hydroxyl groups is 1. The Morgan fingerprint density at radius 3 is 2.86 bits per heavy atom. The maximum Gasteiger partial charge on any atom is 0.251 e. The van der Waals surface area contributed by atoms with Gasteiger partial charge < -0.3 is 16.2 Å². The highest BCUT2D eigenvalue weighted by Crippen LogP contribution is 2.24. The van der Waals surface area contributed by atoms with E-state index in [2.05, 4.69) is 21.2 Å². The third-order valence-corrected chi connectivity index (χ3v) is 2.31. The van der Waals surface area contributed by atoms with Gasteiger partial charge in [0.05, 0.1) is 4.47 Å². The average Bonchev–Trinajstić information content (AvgIpc) is 2.18. The second kappa shape index (κ2) is 4.97. The number of hydrogen-bond donors (Lipinski definition) is 3. The molecule has 4 N–H and O–H groups in total. The third kappa shape index (κ3) is 2.71. The lowest BCUT2D eigenvalue weighted by Crippen LogP contribution is -2.28. The van der Waals surface area contributed by atoms with Crippen molar-refractivity contribution in [2.75, 3.05) is 13.1 Å². The highest BCUT2D eigenvalue weighted by molar-refractivity contribution is 9.10. The molecular formula is C9H11BrN2O2. The van der Waals surface area contributed by atoms with E-state index in [0.29, 0.717) is 23.1 Å². The lowest BCUT2D eigenvalue weighted by atomic mass is 10.2. The predicted octanol–water partition coefficient (Wildman–Crippen LogP) is 0.843. The Morgan fingerprint density at radius 2 is 2.29 bits per heavy atom. The normalized spacial score (nSPS) is 9.86. The average molecular weight is 259 g/mol. The topological polar surface area (TPSA) is 75.3 Å². The number of amides is 1. The molecule has 0 heterocycles. The van der Waals surface area contributed by atoms with Crippen molar-refractivity contribution in [3.05, 3.63) is 28.2 Å². The SMILES string of the molecule is NCCNC(=O)c1ccc(Br)c(O)c1. The van der Waals surface area contributed by atoms with E-state index in [1.54, 1.807) is 12.1 Å². The largest absolute Gasteiger partial charge is 0.507 e. The first-order valence-electron chi connectivity index (χ1n) is 4.12. The minimum atomic E-state index is -0.238. The van der Waals surface area contributed by atoms with E-state index in [0.717, 1.165) is 0 Å². The van der Waals surface area contributed by atoms with Crippen LogP contribution in [0.25, 0.3) is 0 Å². The van der Waals surface area contributed by atoms with Crippen LogP contribution in [-0.4, -0.2) is 24.1 Å². The second-order valence-electron chi connectivity index (χ2n) is 2.71. The summed E-state index contributed by atoms with van der Waals surface area (Å²) in [5.41, 5.74) is 5.65. The summed E-state index contributed by atoms with van der Waals surface area (Å²) < 4.78 is 0.563. The molecule has 0 atom stereocenters. The molecule has 5 heteroatoms. The van der Waals surface area contributed by atoms with E-state index in [1.165, 1.54) is 6.07 Å². The van der Waals surface area contributed by atoms with Crippen molar-refractivity contribution < 1.29 is 9.90 Å². The van der Waals surface area contributed by atoms with Crippen LogP contribution in [0, 0.1) is 0 Å². The molecule has 1 amide bonds. The molecule has 1 aromatic rings. The van der Waals surface area contributed by atoms with Crippen LogP contribution in [0.5, 0.6) is 5.75 Å². The molecule has 0 spiro atoms. The van der Waals surface area contributed by atoms with Crippen LogP contribution in [0.1, 0.15) is 10.4 Å². The molecule has 0 radical (unpaired) electrons. The third-order valence-electron chi connectivity index (χ3n) is 1.64. The van der Waals surface area contributed by atoms with E-state index < -0.39 is 0 Å². The molecule has 0 bridgehead atoms. The number of phenols is 1. The predicted molar refractivity (Wildman–Crippen MR) is 57.2 cm³/mol. The summed E-state index contributed by atoms with van der Waals surface area (Å²) in [5, 5.41) is 11.9. The van der Waals surface area contributed by atoms with Crippen molar-refractivity contribution in [2.24, 2.45) is 5.73 Å². The number of nitrogens with two attached hydrogens (primary N) is 1. The summed E-state index contributed by atoms with van der Waals surface area (Å²) in [7, 11) is 0. The summed E-state index contributed by atoms with van der Waals surface area (Å²) in [4.78, 5) is 11.4. The number of carbonyl (C=O) groups excluding carboxylic acids is 1. The minimum absolute atomic E-state index is 0.0467. The van der Waals surface area contributed by atoms with E-state index in [1.807, 2.05) is 0 Å². The molecule has 0 aliphatic carbocycles. The molecule has 76 valence electrons. The van der Waals surface area contributed by atoms with Crippen molar-refractivity contribution >= 4 is 21.8 Å². The summed E-state index contributed by atoms with van der Waals surface area (Å²) in [5.74, 6) is -0.191. The van der Waals surface area contributed by atoms with Crippen LogP contribution >= 0.6 is 15.9 Å². The first-order valence-corrected chi connectivity index (χ1v) is 4.91. The molecule has 0 fully saturated rings. The van der Waals surface area contributed by atoms with Gasteiger partial charge in [0.1, 0.15) is 5.75 Å². The van der Waals surface area contributed by atoms with Crippen LogP contribution in [-0.2, 0) is 0 Å². The monoisotopic (exact) mass is 258 g/mol. The number of carbonyl (C=O) groups is 1. The lowest BCUT2D eigenvalue weighted by Gasteiger charge is -2.04. The van der Waals surface area contributed by atoms with Crippen LogP contribution in [0.2, 0.25) is 0 Å². The van der Waals surface area contributed by atoms with E-state index in [4.69, 9.17) is 5.73 Å². The van der Waals surface area contributed by atoms with Crippen LogP contribution in [0.3, 0.4) is 0 Å². The van der Waals surface area contributed by atoms with Gasteiger partial charge in [0.2, 0.25) is 0 Å². The van der Waals surface area contributed by atoms with E-state index in [-0.39, 0.29) is 11.7 Å². The fourth-order valence-corrected chi connectivity index (χ4v) is 1.19. The maximum absolute atomic E-state index is 11.4. The molecule has 4 nitrogen and oxygen atoms in total. The van der Waals surface area contributed by atoms with Gasteiger partial charge in [-0.1, -0.05) is 0 Å².